The van der Waals surface area contributed by atoms with Gasteiger partial charge in [0.15, 0.2) is 0 Å². The fraction of sp³-hybridized carbons (Fsp3) is 0.346. The molecule has 0 atom stereocenters. The maximum absolute atomic E-state index is 11.2. The number of carboxylic acid groups (broad SMARTS) is 1. The number of aromatic carboxylic acids is 1. The van der Waals surface area contributed by atoms with Crippen LogP contribution in [0.4, 0.5) is 11.4 Å². The van der Waals surface area contributed by atoms with Gasteiger partial charge in [0.2, 0.25) is 0 Å². The van der Waals surface area contributed by atoms with Crippen molar-refractivity contribution in [2.45, 2.75) is 19.3 Å². The topological polar surface area (TPSA) is 99.6 Å². The summed E-state index contributed by atoms with van der Waals surface area (Å²) in [6.45, 7) is 5.60. The van der Waals surface area contributed by atoms with Crippen LogP contribution in [-0.4, -0.2) is 60.5 Å². The maximum Gasteiger partial charge on any atom is 1.00 e. The molecule has 0 aliphatic carbocycles. The Morgan fingerprint density at radius 3 is 2.37 bits per heavy atom. The number of benzene rings is 2. The zero-order chi connectivity index (χ0) is 23.6. The molecule has 2 aromatic carbocycles. The molecule has 0 saturated carbocycles. The molecular weight excluding hydrogens is 455 g/mol. The summed E-state index contributed by atoms with van der Waals surface area (Å²) in [5.74, 6) is -0.475. The van der Waals surface area contributed by atoms with Crippen molar-refractivity contribution in [3.63, 3.8) is 0 Å². The van der Waals surface area contributed by atoms with Crippen molar-refractivity contribution in [3.05, 3.63) is 77.6 Å². The molecule has 0 unspecified atom stereocenters. The molecule has 9 heteroatoms. The van der Waals surface area contributed by atoms with E-state index in [2.05, 4.69) is 32.5 Å². The average Bonchev–Trinajstić information content (AvgIpc) is 2.87. The van der Waals surface area contributed by atoms with E-state index >= 15 is 0 Å². The van der Waals surface area contributed by atoms with Crippen molar-refractivity contribution in [1.82, 2.24) is 15.1 Å². The van der Waals surface area contributed by atoms with Gasteiger partial charge in [-0.2, -0.15) is 5.10 Å². The molecule has 1 saturated heterocycles. The van der Waals surface area contributed by atoms with E-state index in [4.69, 9.17) is 9.47 Å². The molecule has 1 N–H and O–H groups in total. The Kier molecular flexibility index (Phi) is 11.0. The van der Waals surface area contributed by atoms with E-state index in [1.165, 1.54) is 11.8 Å². The fourth-order valence-corrected chi connectivity index (χ4v) is 3.84. The van der Waals surface area contributed by atoms with E-state index in [-0.39, 0.29) is 35.3 Å². The predicted octanol–water partition coefficient (Wildman–Crippen LogP) is -0.330. The number of carbonyl (C=O) groups excluding carboxylic acids is 1. The number of nitrogens with one attached hydrogen (secondary N) is 1. The second kappa shape index (κ2) is 14.2. The van der Waals surface area contributed by atoms with Gasteiger partial charge in [-0.15, -0.1) is 5.10 Å². The van der Waals surface area contributed by atoms with Gasteiger partial charge < -0.3 is 24.7 Å². The van der Waals surface area contributed by atoms with Gasteiger partial charge in [0.1, 0.15) is 11.4 Å². The monoisotopic (exact) mass is 484 g/mol. The Morgan fingerprint density at radius 1 is 1.00 bits per heavy atom. The summed E-state index contributed by atoms with van der Waals surface area (Å²) in [5.41, 5.74) is 3.23. The van der Waals surface area contributed by atoms with Crippen molar-refractivity contribution in [2.75, 3.05) is 44.8 Å². The summed E-state index contributed by atoms with van der Waals surface area (Å²) in [5, 5.41) is 21.4. The van der Waals surface area contributed by atoms with Crippen LogP contribution >= 0.6 is 0 Å². The number of hydrogen-bond acceptors (Lipinski definition) is 8. The predicted molar refractivity (Wildman–Crippen MR) is 127 cm³/mol. The molecule has 1 aliphatic heterocycles. The minimum absolute atomic E-state index is 0. The Morgan fingerprint density at radius 2 is 1.69 bits per heavy atom. The molecule has 178 valence electrons. The minimum Gasteiger partial charge on any atom is -0.543 e. The molecule has 2 heterocycles. The number of unbranched alkanes of at least 4 members (excludes halogenated alkanes) is 1. The van der Waals surface area contributed by atoms with Gasteiger partial charge in [-0.1, -0.05) is 24.3 Å². The number of aromatic nitrogens is 2. The zero-order valence-electron chi connectivity index (χ0n) is 20.1. The Balaban J connectivity index is 0.00000342. The standard InChI is InChI=1S/C26H30N4O4.Na/c31-26(32)25-24(11-12-27-29-25)28-22-7-3-20(4-8-22)19-21-5-9-23(10-6-21)34-16-2-1-13-30-14-17-33-18-15-30;/h3-12H,1-2,13-19H2,(H,27,28)(H,31,32);/q;+1/p-1. The number of ether oxygens (including phenoxy) is 2. The van der Waals surface area contributed by atoms with E-state index < -0.39 is 5.97 Å². The van der Waals surface area contributed by atoms with Gasteiger partial charge in [0.25, 0.3) is 0 Å². The number of carbonyl (C=O) groups is 1. The van der Waals surface area contributed by atoms with Gasteiger partial charge in [-0.05, 0) is 67.3 Å². The van der Waals surface area contributed by atoms with Crippen LogP contribution in [0.3, 0.4) is 0 Å². The van der Waals surface area contributed by atoms with Crippen LogP contribution in [0.25, 0.3) is 0 Å². The first-order valence-electron chi connectivity index (χ1n) is 11.6. The normalized spacial score (nSPS) is 13.6. The first-order valence-corrected chi connectivity index (χ1v) is 11.6. The quantitative estimate of drug-likeness (QED) is 0.292. The second-order valence-corrected chi connectivity index (χ2v) is 8.23. The summed E-state index contributed by atoms with van der Waals surface area (Å²) in [4.78, 5) is 13.6. The molecule has 3 aromatic rings. The Hall–Kier alpha value is -2.49. The zero-order valence-corrected chi connectivity index (χ0v) is 22.1. The van der Waals surface area contributed by atoms with Crippen LogP contribution < -0.4 is 44.7 Å². The van der Waals surface area contributed by atoms with Gasteiger partial charge in [0, 0.05) is 18.8 Å². The number of rotatable bonds is 11. The molecule has 4 rings (SSSR count). The van der Waals surface area contributed by atoms with E-state index in [1.807, 2.05) is 36.4 Å². The second-order valence-electron chi connectivity index (χ2n) is 8.23. The minimum atomic E-state index is -1.37. The summed E-state index contributed by atoms with van der Waals surface area (Å²) < 4.78 is 11.3. The molecule has 1 aromatic heterocycles. The molecule has 0 bridgehead atoms. The number of carboxylic acids is 1. The largest absolute Gasteiger partial charge is 1.00 e. The van der Waals surface area contributed by atoms with Gasteiger partial charge in [-0.3, -0.25) is 4.90 Å². The first kappa shape index (κ1) is 27.1. The third-order valence-electron chi connectivity index (χ3n) is 5.72. The van der Waals surface area contributed by atoms with Crippen molar-refractivity contribution in [3.8, 4) is 5.75 Å². The van der Waals surface area contributed by atoms with Crippen LogP contribution in [0, 0.1) is 0 Å². The number of hydrogen-bond donors (Lipinski definition) is 1. The smallest absolute Gasteiger partial charge is 0.543 e. The molecule has 0 amide bonds. The van der Waals surface area contributed by atoms with Crippen LogP contribution in [0.2, 0.25) is 0 Å². The third kappa shape index (κ3) is 8.59. The molecule has 8 nitrogen and oxygen atoms in total. The average molecular weight is 485 g/mol. The SMILES string of the molecule is O=C([O-])c1nnccc1Nc1ccc(Cc2ccc(OCCCCN3CCOCC3)cc2)cc1.[Na+]. The Bertz CT molecular complexity index is 1060. The van der Waals surface area contributed by atoms with Crippen LogP contribution in [-0.2, 0) is 11.2 Å². The molecule has 1 aliphatic rings. The van der Waals surface area contributed by atoms with Crippen LogP contribution in [0.15, 0.2) is 60.8 Å². The van der Waals surface area contributed by atoms with Crippen molar-refractivity contribution < 1.29 is 48.9 Å². The number of morpholine rings is 1. The summed E-state index contributed by atoms with van der Waals surface area (Å²) in [7, 11) is 0. The van der Waals surface area contributed by atoms with Crippen LogP contribution in [0.5, 0.6) is 5.75 Å². The van der Waals surface area contributed by atoms with Gasteiger partial charge in [-0.25, -0.2) is 0 Å². The number of nitrogens with zero attached hydrogens (tertiary/aromatic N) is 3. The van der Waals surface area contributed by atoms with Crippen molar-refractivity contribution in [2.24, 2.45) is 0 Å². The number of anilines is 2. The van der Waals surface area contributed by atoms with Gasteiger partial charge in [0.05, 0.1) is 37.7 Å². The molecule has 1 fully saturated rings. The van der Waals surface area contributed by atoms with Gasteiger partial charge >= 0.3 is 29.6 Å². The maximum atomic E-state index is 11.2. The molecule has 35 heavy (non-hydrogen) atoms. The first-order chi connectivity index (χ1) is 16.7. The summed E-state index contributed by atoms with van der Waals surface area (Å²) >= 11 is 0. The molecule has 0 radical (unpaired) electrons. The van der Waals surface area contributed by atoms with Crippen molar-refractivity contribution >= 4 is 17.3 Å². The fourth-order valence-electron chi connectivity index (χ4n) is 3.84. The van der Waals surface area contributed by atoms with Crippen LogP contribution in [0.1, 0.15) is 34.5 Å². The van der Waals surface area contributed by atoms with E-state index in [9.17, 15) is 9.90 Å². The summed E-state index contributed by atoms with van der Waals surface area (Å²) in [6.07, 6.45) is 4.40. The summed E-state index contributed by atoms with van der Waals surface area (Å²) in [6, 6.07) is 17.6. The Labute approximate surface area is 228 Å². The van der Waals surface area contributed by atoms with E-state index in [0.29, 0.717) is 5.69 Å². The van der Waals surface area contributed by atoms with Crippen molar-refractivity contribution in [1.29, 1.82) is 0 Å². The van der Waals surface area contributed by atoms with E-state index in [0.717, 1.165) is 75.7 Å². The molecule has 0 spiro atoms. The van der Waals surface area contributed by atoms with E-state index in [1.54, 1.807) is 6.07 Å². The third-order valence-corrected chi connectivity index (χ3v) is 5.72. The molecular formula is C26H29N4NaO4.